The average molecular weight is 255 g/mol. The molecule has 2 nitrogen and oxygen atoms in total. The molecule has 1 aromatic carbocycles. The second kappa shape index (κ2) is 7.21. The Morgan fingerprint density at radius 2 is 2.06 bits per heavy atom. The number of Topliss-reactive ketones (excluding diaryl/α,β-unsaturated/α-hetero) is 1. The lowest BCUT2D eigenvalue weighted by Gasteiger charge is -2.09. The van der Waals surface area contributed by atoms with Crippen molar-refractivity contribution in [2.24, 2.45) is 11.7 Å². The van der Waals surface area contributed by atoms with Gasteiger partial charge < -0.3 is 5.73 Å². The van der Waals surface area contributed by atoms with E-state index in [0.717, 1.165) is 18.9 Å². The van der Waals surface area contributed by atoms with E-state index < -0.39 is 11.6 Å². The fraction of sp³-hybridized carbons (Fsp3) is 0.500. The summed E-state index contributed by atoms with van der Waals surface area (Å²) in [6.07, 6.45) is 2.09. The lowest BCUT2D eigenvalue weighted by Crippen LogP contribution is -2.10. The van der Waals surface area contributed by atoms with Crippen molar-refractivity contribution in [1.82, 2.24) is 0 Å². The van der Waals surface area contributed by atoms with Crippen molar-refractivity contribution >= 4 is 5.78 Å². The van der Waals surface area contributed by atoms with E-state index in [4.69, 9.17) is 5.73 Å². The van der Waals surface area contributed by atoms with E-state index in [9.17, 15) is 13.6 Å². The van der Waals surface area contributed by atoms with E-state index >= 15 is 0 Å². The van der Waals surface area contributed by atoms with Gasteiger partial charge >= 0.3 is 0 Å². The van der Waals surface area contributed by atoms with Gasteiger partial charge in [0, 0.05) is 18.9 Å². The van der Waals surface area contributed by atoms with Gasteiger partial charge in [-0.3, -0.25) is 4.79 Å². The van der Waals surface area contributed by atoms with Crippen LogP contribution in [0.2, 0.25) is 0 Å². The van der Waals surface area contributed by atoms with Gasteiger partial charge in [-0.15, -0.1) is 0 Å². The Balaban J connectivity index is 2.44. The van der Waals surface area contributed by atoms with Gasteiger partial charge in [0.1, 0.15) is 17.4 Å². The third-order valence-corrected chi connectivity index (χ3v) is 2.98. The average Bonchev–Trinajstić information content (AvgIpc) is 2.31. The maximum Gasteiger partial charge on any atom is 0.137 e. The van der Waals surface area contributed by atoms with Crippen molar-refractivity contribution in [2.45, 2.75) is 32.6 Å². The summed E-state index contributed by atoms with van der Waals surface area (Å²) in [4.78, 5) is 11.7. The quantitative estimate of drug-likeness (QED) is 0.814. The number of hydrogen-bond acceptors (Lipinski definition) is 2. The number of nitrogens with two attached hydrogens (primary N) is 1. The van der Waals surface area contributed by atoms with Gasteiger partial charge in [0.2, 0.25) is 0 Å². The van der Waals surface area contributed by atoms with Crippen LogP contribution in [-0.4, -0.2) is 12.3 Å². The molecule has 0 heterocycles. The Kier molecular flexibility index (Phi) is 5.92. The summed E-state index contributed by atoms with van der Waals surface area (Å²) in [7, 11) is 0. The largest absolute Gasteiger partial charge is 0.330 e. The molecule has 100 valence electrons. The second-order valence-corrected chi connectivity index (χ2v) is 4.67. The summed E-state index contributed by atoms with van der Waals surface area (Å²) in [6.45, 7) is 2.65. The standard InChI is InChI=1S/C14H19F2NO/c1-10(6-7-17)2-5-13(18)8-11-3-4-12(15)9-14(11)16/h3-4,9-10H,2,5-8,17H2,1H3. The first-order valence-electron chi connectivity index (χ1n) is 6.18. The van der Waals surface area contributed by atoms with Crippen molar-refractivity contribution in [3.05, 3.63) is 35.4 Å². The van der Waals surface area contributed by atoms with Crippen LogP contribution in [0.1, 0.15) is 31.7 Å². The number of carbonyl (C=O) groups excluding carboxylic acids is 1. The Labute approximate surface area is 106 Å². The van der Waals surface area contributed by atoms with E-state index in [2.05, 4.69) is 0 Å². The van der Waals surface area contributed by atoms with Gasteiger partial charge in [0.25, 0.3) is 0 Å². The molecular weight excluding hydrogens is 236 g/mol. The van der Waals surface area contributed by atoms with E-state index in [1.807, 2.05) is 6.92 Å². The molecule has 18 heavy (non-hydrogen) atoms. The molecule has 1 rings (SSSR count). The molecule has 1 atom stereocenters. The van der Waals surface area contributed by atoms with Crippen LogP contribution in [0.4, 0.5) is 8.78 Å². The van der Waals surface area contributed by atoms with Crippen LogP contribution >= 0.6 is 0 Å². The normalized spacial score (nSPS) is 12.4. The number of benzene rings is 1. The van der Waals surface area contributed by atoms with Gasteiger partial charge in [-0.1, -0.05) is 13.0 Å². The fourth-order valence-corrected chi connectivity index (χ4v) is 1.80. The van der Waals surface area contributed by atoms with Crippen LogP contribution in [0.15, 0.2) is 18.2 Å². The molecule has 0 radical (unpaired) electrons. The zero-order valence-electron chi connectivity index (χ0n) is 10.6. The lowest BCUT2D eigenvalue weighted by atomic mass is 9.97. The zero-order chi connectivity index (χ0) is 13.5. The molecular formula is C14H19F2NO. The highest BCUT2D eigenvalue weighted by Crippen LogP contribution is 2.14. The first-order chi connectivity index (χ1) is 8.52. The summed E-state index contributed by atoms with van der Waals surface area (Å²) in [5.41, 5.74) is 5.68. The molecule has 0 saturated heterocycles. The molecule has 0 aliphatic carbocycles. The van der Waals surface area contributed by atoms with Crippen LogP contribution < -0.4 is 5.73 Å². The van der Waals surface area contributed by atoms with E-state index in [1.54, 1.807) is 0 Å². The van der Waals surface area contributed by atoms with Crippen LogP contribution in [0, 0.1) is 17.6 Å². The van der Waals surface area contributed by atoms with Crippen molar-refractivity contribution in [1.29, 1.82) is 0 Å². The molecule has 0 aliphatic heterocycles. The highest BCUT2D eigenvalue weighted by Gasteiger charge is 2.10. The molecule has 2 N–H and O–H groups in total. The summed E-state index contributed by atoms with van der Waals surface area (Å²) >= 11 is 0. The van der Waals surface area contributed by atoms with Crippen LogP contribution in [0.3, 0.4) is 0 Å². The Bertz CT molecular complexity index is 407. The molecule has 0 fully saturated rings. The molecule has 0 bridgehead atoms. The summed E-state index contributed by atoms with van der Waals surface area (Å²) in [5.74, 6) is -0.903. The Morgan fingerprint density at radius 3 is 2.67 bits per heavy atom. The summed E-state index contributed by atoms with van der Waals surface area (Å²) in [6, 6.07) is 3.30. The number of ketones is 1. The number of carbonyl (C=O) groups is 1. The van der Waals surface area contributed by atoms with Crippen LogP contribution in [0.25, 0.3) is 0 Å². The number of hydrogen-bond donors (Lipinski definition) is 1. The van der Waals surface area contributed by atoms with Crippen LogP contribution in [-0.2, 0) is 11.2 Å². The maximum atomic E-state index is 13.3. The molecule has 0 aliphatic rings. The highest BCUT2D eigenvalue weighted by atomic mass is 19.1. The maximum absolute atomic E-state index is 13.3. The lowest BCUT2D eigenvalue weighted by molar-refractivity contribution is -0.118. The SMILES string of the molecule is CC(CCN)CCC(=O)Cc1ccc(F)cc1F. The first kappa shape index (κ1) is 14.8. The first-order valence-corrected chi connectivity index (χ1v) is 6.18. The predicted molar refractivity (Wildman–Crippen MR) is 67.1 cm³/mol. The molecule has 0 spiro atoms. The third kappa shape index (κ3) is 4.92. The van der Waals surface area contributed by atoms with Gasteiger partial charge in [-0.2, -0.15) is 0 Å². The third-order valence-electron chi connectivity index (χ3n) is 2.98. The molecule has 0 aromatic heterocycles. The Morgan fingerprint density at radius 1 is 1.33 bits per heavy atom. The number of rotatable bonds is 7. The van der Waals surface area contributed by atoms with Crippen molar-refractivity contribution in [3.63, 3.8) is 0 Å². The molecule has 1 aromatic rings. The topological polar surface area (TPSA) is 43.1 Å². The highest BCUT2D eigenvalue weighted by molar-refractivity contribution is 5.80. The minimum absolute atomic E-state index is 0.0237. The van der Waals surface area contributed by atoms with Crippen LogP contribution in [0.5, 0.6) is 0 Å². The summed E-state index contributed by atoms with van der Waals surface area (Å²) in [5, 5.41) is 0. The van der Waals surface area contributed by atoms with Gasteiger partial charge in [0.05, 0.1) is 0 Å². The second-order valence-electron chi connectivity index (χ2n) is 4.67. The van der Waals surface area contributed by atoms with E-state index in [1.165, 1.54) is 12.1 Å². The molecule has 4 heteroatoms. The van der Waals surface area contributed by atoms with Crippen molar-refractivity contribution < 1.29 is 13.6 Å². The van der Waals surface area contributed by atoms with E-state index in [0.29, 0.717) is 18.9 Å². The van der Waals surface area contributed by atoms with Crippen molar-refractivity contribution in [3.8, 4) is 0 Å². The summed E-state index contributed by atoms with van der Waals surface area (Å²) < 4.78 is 26.0. The molecule has 1 unspecified atom stereocenters. The molecule has 0 amide bonds. The van der Waals surface area contributed by atoms with Gasteiger partial charge in [-0.25, -0.2) is 8.78 Å². The smallest absolute Gasteiger partial charge is 0.137 e. The monoisotopic (exact) mass is 255 g/mol. The van der Waals surface area contributed by atoms with Gasteiger partial charge in [-0.05, 0) is 36.9 Å². The fourth-order valence-electron chi connectivity index (χ4n) is 1.80. The van der Waals surface area contributed by atoms with Crippen molar-refractivity contribution in [2.75, 3.05) is 6.54 Å². The zero-order valence-corrected chi connectivity index (χ0v) is 10.6. The minimum Gasteiger partial charge on any atom is -0.330 e. The van der Waals surface area contributed by atoms with Gasteiger partial charge in [0.15, 0.2) is 0 Å². The minimum atomic E-state index is -0.654. The Hall–Kier alpha value is -1.29. The predicted octanol–water partition coefficient (Wildman–Crippen LogP) is 2.84. The van der Waals surface area contributed by atoms with E-state index in [-0.39, 0.29) is 17.8 Å². The number of halogens is 2. The molecule has 0 saturated carbocycles.